The Hall–Kier alpha value is -2.82. The first-order chi connectivity index (χ1) is 10.7. The summed E-state index contributed by atoms with van der Waals surface area (Å²) >= 11 is 0. The molecule has 1 saturated heterocycles. The van der Waals surface area contributed by atoms with E-state index >= 15 is 0 Å². The second-order valence-electron chi connectivity index (χ2n) is 5.01. The third kappa shape index (κ3) is 2.53. The van der Waals surface area contributed by atoms with Crippen LogP contribution in [0.3, 0.4) is 0 Å². The lowest BCUT2D eigenvalue weighted by Crippen LogP contribution is -2.35. The number of nitrogens with one attached hydrogen (secondary N) is 1. The zero-order valence-electron chi connectivity index (χ0n) is 12.2. The summed E-state index contributed by atoms with van der Waals surface area (Å²) in [5.41, 5.74) is 1.30. The Labute approximate surface area is 128 Å². The maximum atomic E-state index is 12.6. The van der Waals surface area contributed by atoms with Gasteiger partial charge in [0.15, 0.2) is 0 Å². The lowest BCUT2D eigenvalue weighted by Gasteiger charge is -2.18. The fourth-order valence-corrected chi connectivity index (χ4v) is 2.55. The van der Waals surface area contributed by atoms with Crippen LogP contribution in [0.15, 0.2) is 54.6 Å². The molecule has 1 fully saturated rings. The van der Waals surface area contributed by atoms with E-state index in [9.17, 15) is 9.59 Å². The minimum Gasteiger partial charge on any atom is -0.495 e. The number of amides is 2. The number of para-hydroxylation sites is 3. The van der Waals surface area contributed by atoms with Gasteiger partial charge in [-0.2, -0.15) is 0 Å². The molecule has 22 heavy (non-hydrogen) atoms. The Balaban J connectivity index is 1.86. The summed E-state index contributed by atoms with van der Waals surface area (Å²) in [5.74, 6) is 0.00541. The molecule has 2 aromatic carbocycles. The van der Waals surface area contributed by atoms with Gasteiger partial charge < -0.3 is 10.1 Å². The third-order valence-electron chi connectivity index (χ3n) is 3.59. The molecule has 1 atom stereocenters. The number of ether oxygens (including phenoxy) is 1. The highest BCUT2D eigenvalue weighted by Gasteiger charge is 2.40. The fourth-order valence-electron chi connectivity index (χ4n) is 2.55. The first-order valence-electron chi connectivity index (χ1n) is 7.02. The van der Waals surface area contributed by atoms with Crippen LogP contribution in [0.25, 0.3) is 0 Å². The molecule has 1 aliphatic heterocycles. The molecule has 1 unspecified atom stereocenters. The summed E-state index contributed by atoms with van der Waals surface area (Å²) in [5, 5.41) is 3.11. The zero-order valence-corrected chi connectivity index (χ0v) is 12.2. The van der Waals surface area contributed by atoms with E-state index in [1.54, 1.807) is 24.3 Å². The first kappa shape index (κ1) is 14.1. The first-order valence-corrected chi connectivity index (χ1v) is 7.02. The van der Waals surface area contributed by atoms with E-state index < -0.39 is 6.04 Å². The average Bonchev–Trinajstić information content (AvgIpc) is 2.82. The highest BCUT2D eigenvalue weighted by molar-refractivity contribution is 6.23. The summed E-state index contributed by atoms with van der Waals surface area (Å²) in [6.45, 7) is 0. The largest absolute Gasteiger partial charge is 0.495 e. The van der Waals surface area contributed by atoms with Crippen molar-refractivity contribution in [3.63, 3.8) is 0 Å². The molecule has 1 heterocycles. The number of hydrogen-bond donors (Lipinski definition) is 1. The van der Waals surface area contributed by atoms with E-state index in [2.05, 4.69) is 5.32 Å². The molecular weight excluding hydrogens is 280 g/mol. The molecule has 2 aromatic rings. The number of nitrogens with zero attached hydrogens (tertiary/aromatic N) is 1. The summed E-state index contributed by atoms with van der Waals surface area (Å²) in [7, 11) is 1.52. The van der Waals surface area contributed by atoms with E-state index in [4.69, 9.17) is 4.74 Å². The quantitative estimate of drug-likeness (QED) is 0.880. The summed E-state index contributed by atoms with van der Waals surface area (Å²) < 4.78 is 5.24. The summed E-state index contributed by atoms with van der Waals surface area (Å²) in [6.07, 6.45) is 0.131. The Morgan fingerprint density at radius 3 is 2.45 bits per heavy atom. The maximum Gasteiger partial charge on any atom is 0.256 e. The van der Waals surface area contributed by atoms with Crippen LogP contribution in [-0.2, 0) is 9.59 Å². The summed E-state index contributed by atoms with van der Waals surface area (Å²) in [6, 6.07) is 15.8. The molecule has 112 valence electrons. The molecule has 5 nitrogen and oxygen atoms in total. The van der Waals surface area contributed by atoms with E-state index in [-0.39, 0.29) is 18.2 Å². The van der Waals surface area contributed by atoms with Crippen molar-refractivity contribution in [1.82, 2.24) is 0 Å². The van der Waals surface area contributed by atoms with Crippen LogP contribution in [0.5, 0.6) is 5.75 Å². The lowest BCUT2D eigenvalue weighted by atomic mass is 10.2. The predicted octanol–water partition coefficient (Wildman–Crippen LogP) is 2.44. The van der Waals surface area contributed by atoms with Crippen molar-refractivity contribution in [3.8, 4) is 5.75 Å². The van der Waals surface area contributed by atoms with Crippen LogP contribution in [0.2, 0.25) is 0 Å². The van der Waals surface area contributed by atoms with Crippen molar-refractivity contribution in [1.29, 1.82) is 0 Å². The Morgan fingerprint density at radius 2 is 1.73 bits per heavy atom. The molecule has 2 amide bonds. The van der Waals surface area contributed by atoms with Crippen LogP contribution < -0.4 is 15.0 Å². The number of rotatable bonds is 4. The number of hydrogen-bond acceptors (Lipinski definition) is 4. The highest BCUT2D eigenvalue weighted by Crippen LogP contribution is 2.32. The molecule has 0 saturated carbocycles. The Morgan fingerprint density at radius 1 is 1.05 bits per heavy atom. The topological polar surface area (TPSA) is 58.6 Å². The van der Waals surface area contributed by atoms with Crippen molar-refractivity contribution < 1.29 is 14.3 Å². The zero-order chi connectivity index (χ0) is 15.5. The minimum atomic E-state index is -0.556. The molecule has 5 heteroatoms. The van der Waals surface area contributed by atoms with Gasteiger partial charge in [-0.1, -0.05) is 30.3 Å². The van der Waals surface area contributed by atoms with Gasteiger partial charge >= 0.3 is 0 Å². The van der Waals surface area contributed by atoms with E-state index in [0.717, 1.165) is 5.69 Å². The number of imide groups is 1. The van der Waals surface area contributed by atoms with Crippen LogP contribution >= 0.6 is 0 Å². The van der Waals surface area contributed by atoms with Gasteiger partial charge in [0.25, 0.3) is 5.91 Å². The van der Waals surface area contributed by atoms with Crippen LogP contribution in [-0.4, -0.2) is 25.0 Å². The van der Waals surface area contributed by atoms with Gasteiger partial charge in [-0.25, -0.2) is 4.90 Å². The van der Waals surface area contributed by atoms with Crippen molar-refractivity contribution in [3.05, 3.63) is 54.6 Å². The molecule has 0 radical (unpaired) electrons. The van der Waals surface area contributed by atoms with Gasteiger partial charge in [0.05, 0.1) is 19.2 Å². The summed E-state index contributed by atoms with van der Waals surface area (Å²) in [4.78, 5) is 26.0. The number of anilines is 2. The van der Waals surface area contributed by atoms with E-state index in [1.807, 2.05) is 30.3 Å². The van der Waals surface area contributed by atoms with Gasteiger partial charge in [-0.15, -0.1) is 0 Å². The Bertz CT molecular complexity index is 700. The maximum absolute atomic E-state index is 12.6. The number of carbonyl (C=O) groups is 2. The highest BCUT2D eigenvalue weighted by atomic mass is 16.5. The molecule has 0 aliphatic carbocycles. The van der Waals surface area contributed by atoms with E-state index in [1.165, 1.54) is 12.0 Å². The lowest BCUT2D eigenvalue weighted by molar-refractivity contribution is -0.121. The van der Waals surface area contributed by atoms with Crippen LogP contribution in [0.4, 0.5) is 11.4 Å². The smallest absolute Gasteiger partial charge is 0.256 e. The van der Waals surface area contributed by atoms with Gasteiger partial charge in [0.2, 0.25) is 5.91 Å². The van der Waals surface area contributed by atoms with Crippen molar-refractivity contribution in [2.24, 2.45) is 0 Å². The molecule has 0 aromatic heterocycles. The fraction of sp³-hybridized carbons (Fsp3) is 0.176. The van der Waals surface area contributed by atoms with Gasteiger partial charge in [0.1, 0.15) is 11.8 Å². The number of carbonyl (C=O) groups excluding carboxylic acids is 2. The minimum absolute atomic E-state index is 0.131. The number of methoxy groups -OCH3 is 1. The average molecular weight is 296 g/mol. The molecule has 3 rings (SSSR count). The SMILES string of the molecule is COc1ccccc1N1C(=O)CC(Nc2ccccc2)C1=O. The van der Waals surface area contributed by atoms with Crippen molar-refractivity contribution in [2.75, 3.05) is 17.3 Å². The van der Waals surface area contributed by atoms with Gasteiger partial charge in [-0.05, 0) is 24.3 Å². The molecule has 1 N–H and O–H groups in total. The van der Waals surface area contributed by atoms with E-state index in [0.29, 0.717) is 11.4 Å². The molecule has 0 bridgehead atoms. The predicted molar refractivity (Wildman–Crippen MR) is 84.0 cm³/mol. The number of benzene rings is 2. The van der Waals surface area contributed by atoms with Gasteiger partial charge in [-0.3, -0.25) is 9.59 Å². The second kappa shape index (κ2) is 5.89. The monoisotopic (exact) mass is 296 g/mol. The molecule has 0 spiro atoms. The molecule has 1 aliphatic rings. The van der Waals surface area contributed by atoms with Crippen molar-refractivity contribution >= 4 is 23.2 Å². The van der Waals surface area contributed by atoms with Crippen LogP contribution in [0.1, 0.15) is 6.42 Å². The Kier molecular flexibility index (Phi) is 3.78. The normalized spacial score (nSPS) is 17.7. The van der Waals surface area contributed by atoms with Crippen molar-refractivity contribution in [2.45, 2.75) is 12.5 Å². The second-order valence-corrected chi connectivity index (χ2v) is 5.01. The standard InChI is InChI=1S/C17H16N2O3/c1-22-15-10-6-5-9-14(15)19-16(20)11-13(17(19)21)18-12-7-3-2-4-8-12/h2-10,13,18H,11H2,1H3. The van der Waals surface area contributed by atoms with Gasteiger partial charge in [0, 0.05) is 5.69 Å². The molecular formula is C17H16N2O3. The third-order valence-corrected chi connectivity index (χ3v) is 3.59. The van der Waals surface area contributed by atoms with Crippen LogP contribution in [0, 0.1) is 0 Å².